The van der Waals surface area contributed by atoms with E-state index in [4.69, 9.17) is 14.5 Å². The Morgan fingerprint density at radius 1 is 0.948 bits per heavy atom. The van der Waals surface area contributed by atoms with Gasteiger partial charge < -0.3 is 25.0 Å². The molecule has 4 aromatic rings. The predicted molar refractivity (Wildman–Crippen MR) is 218 cm³/mol. The van der Waals surface area contributed by atoms with Crippen LogP contribution >= 0.6 is 0 Å². The molecule has 58 heavy (non-hydrogen) atoms. The molecule has 1 aromatic heterocycles. The maximum atomic E-state index is 14.8. The molecule has 12 nitrogen and oxygen atoms in total. The molecule has 3 N–H and O–H groups in total. The zero-order valence-electron chi connectivity index (χ0n) is 32.8. The van der Waals surface area contributed by atoms with Crippen molar-refractivity contribution in [3.8, 4) is 22.8 Å². The number of ether oxygens (including phenoxy) is 2. The van der Waals surface area contributed by atoms with Crippen LogP contribution in [0.1, 0.15) is 77.6 Å². The number of carbonyl (C=O) groups excluding carboxylic acids is 3. The average Bonchev–Trinajstić information content (AvgIpc) is 4.09. The summed E-state index contributed by atoms with van der Waals surface area (Å²) in [5, 5.41) is 6.96. The first-order valence-electron chi connectivity index (χ1n) is 20.3. The smallest absolute Gasteiger partial charge is 0.259 e. The van der Waals surface area contributed by atoms with E-state index >= 15 is 0 Å². The largest absolute Gasteiger partial charge is 0.497 e. The van der Waals surface area contributed by atoms with Crippen LogP contribution < -0.4 is 24.8 Å². The molecule has 2 aliphatic heterocycles. The van der Waals surface area contributed by atoms with Gasteiger partial charge in [-0.15, -0.1) is 0 Å². The first kappa shape index (κ1) is 39.6. The van der Waals surface area contributed by atoms with E-state index in [0.29, 0.717) is 65.9 Å². The van der Waals surface area contributed by atoms with Crippen LogP contribution in [0.25, 0.3) is 22.2 Å². The highest BCUT2D eigenvalue weighted by Crippen LogP contribution is 2.49. The van der Waals surface area contributed by atoms with Gasteiger partial charge in [-0.05, 0) is 75.3 Å². The van der Waals surface area contributed by atoms with Crippen LogP contribution in [0.15, 0.2) is 78.9 Å². The third-order valence-electron chi connectivity index (χ3n) is 12.4. The normalized spacial score (nSPS) is 25.9. The average molecular weight is 812 g/mol. The summed E-state index contributed by atoms with van der Waals surface area (Å²) >= 11 is 0. The van der Waals surface area contributed by atoms with E-state index < -0.39 is 56.1 Å². The Hall–Kier alpha value is -5.24. The van der Waals surface area contributed by atoms with Crippen molar-refractivity contribution >= 4 is 44.3 Å². The van der Waals surface area contributed by atoms with Crippen molar-refractivity contribution in [2.45, 2.75) is 106 Å². The molecule has 2 aliphatic carbocycles. The summed E-state index contributed by atoms with van der Waals surface area (Å²) in [6.07, 6.45) is 5.96. The van der Waals surface area contributed by atoms with E-state index in [1.54, 1.807) is 26.2 Å². The lowest BCUT2D eigenvalue weighted by atomic mass is 10.0. The van der Waals surface area contributed by atoms with Gasteiger partial charge in [0.05, 0.1) is 29.6 Å². The minimum Gasteiger partial charge on any atom is -0.497 e. The molecular weight excluding hydrogens is 762 g/mol. The van der Waals surface area contributed by atoms with Gasteiger partial charge >= 0.3 is 0 Å². The molecule has 5 atom stereocenters. The van der Waals surface area contributed by atoms with Crippen LogP contribution in [0, 0.1) is 11.7 Å². The minimum absolute atomic E-state index is 0.0499. The molecule has 0 radical (unpaired) electrons. The van der Waals surface area contributed by atoms with Gasteiger partial charge in [0, 0.05) is 35.2 Å². The van der Waals surface area contributed by atoms with Crippen molar-refractivity contribution in [2.24, 2.45) is 5.92 Å². The number of amides is 3. The molecule has 2 saturated carbocycles. The number of pyridine rings is 1. The molecule has 0 bridgehead atoms. The number of fused-ring (bicyclic) bond motifs is 3. The predicted octanol–water partition coefficient (Wildman–Crippen LogP) is 6.50. The van der Waals surface area contributed by atoms with Gasteiger partial charge in [-0.25, -0.2) is 17.8 Å². The Balaban J connectivity index is 1.13. The summed E-state index contributed by atoms with van der Waals surface area (Å²) in [6.45, 7) is 1.66. The van der Waals surface area contributed by atoms with Gasteiger partial charge in [0.15, 0.2) is 0 Å². The number of sulfonamides is 1. The Morgan fingerprint density at radius 2 is 1.71 bits per heavy atom. The summed E-state index contributed by atoms with van der Waals surface area (Å²) in [7, 11) is -2.38. The van der Waals surface area contributed by atoms with E-state index in [9.17, 15) is 27.2 Å². The van der Waals surface area contributed by atoms with Crippen LogP contribution in [-0.2, 0) is 24.4 Å². The zero-order valence-corrected chi connectivity index (χ0v) is 33.7. The number of hydrogen-bond donors (Lipinski definition) is 3. The van der Waals surface area contributed by atoms with Crippen molar-refractivity contribution in [2.75, 3.05) is 19.0 Å². The molecule has 3 amide bonds. The van der Waals surface area contributed by atoms with Crippen molar-refractivity contribution in [3.63, 3.8) is 0 Å². The summed E-state index contributed by atoms with van der Waals surface area (Å²) < 4.78 is 54.4. The summed E-state index contributed by atoms with van der Waals surface area (Å²) in [4.78, 5) is 49.8. The lowest BCUT2D eigenvalue weighted by molar-refractivity contribution is -0.140. The van der Waals surface area contributed by atoms with E-state index in [1.165, 1.54) is 17.0 Å². The number of carbonyl (C=O) groups is 3. The molecule has 3 heterocycles. The van der Waals surface area contributed by atoms with Crippen LogP contribution in [0.2, 0.25) is 0 Å². The number of rotatable bonds is 9. The number of halogens is 1. The molecule has 14 heteroatoms. The van der Waals surface area contributed by atoms with Gasteiger partial charge in [0.1, 0.15) is 41.0 Å². The summed E-state index contributed by atoms with van der Waals surface area (Å²) in [5.41, 5.74) is 1.20. The van der Waals surface area contributed by atoms with Crippen LogP contribution in [0.3, 0.4) is 0 Å². The maximum Gasteiger partial charge on any atom is 0.259 e. The number of methoxy groups -OCH3 is 1. The van der Waals surface area contributed by atoms with Crippen molar-refractivity contribution in [1.29, 1.82) is 0 Å². The molecule has 306 valence electrons. The lowest BCUT2D eigenvalue weighted by Crippen LogP contribution is -2.58. The van der Waals surface area contributed by atoms with E-state index in [2.05, 4.69) is 15.4 Å². The van der Waals surface area contributed by atoms with Gasteiger partial charge in [0.25, 0.3) is 5.91 Å². The summed E-state index contributed by atoms with van der Waals surface area (Å²) in [5.74, 6) is -1.20. The second-order valence-corrected chi connectivity index (χ2v) is 18.7. The number of benzene rings is 3. The van der Waals surface area contributed by atoms with Crippen LogP contribution in [0.4, 0.5) is 10.1 Å². The molecule has 2 saturated heterocycles. The van der Waals surface area contributed by atoms with E-state index in [1.807, 2.05) is 54.6 Å². The highest BCUT2D eigenvalue weighted by molar-refractivity contribution is 7.91. The summed E-state index contributed by atoms with van der Waals surface area (Å²) in [6, 6.07) is 21.1. The van der Waals surface area contributed by atoms with Gasteiger partial charge in [-0.1, -0.05) is 68.5 Å². The van der Waals surface area contributed by atoms with Gasteiger partial charge in [-0.3, -0.25) is 19.1 Å². The Bertz CT molecular complexity index is 2320. The Kier molecular flexibility index (Phi) is 10.8. The number of anilines is 1. The van der Waals surface area contributed by atoms with E-state index in [-0.39, 0.29) is 24.8 Å². The monoisotopic (exact) mass is 811 g/mol. The highest BCUT2D eigenvalue weighted by atomic mass is 32.2. The van der Waals surface area contributed by atoms with Crippen molar-refractivity contribution < 1.29 is 36.7 Å². The molecule has 8 rings (SSSR count). The number of aromatic nitrogens is 1. The SMILES string of the molecule is COc1ccc2c(O[C@@H]3C[C@H]4C(=O)N[C@]5(C(=O)NS(=O)(=O)C6(C)CC6)C[C@H]5CCCCCCC[C@H](Nc5cccc(F)c5)C(=O)N4C3)cc(-c3ccccc3)nc2c1. The Labute approximate surface area is 338 Å². The van der Waals surface area contributed by atoms with Crippen LogP contribution in [-0.4, -0.2) is 78.2 Å². The molecule has 4 fully saturated rings. The molecular formula is C44H50FN5O7S. The quantitative estimate of drug-likeness (QED) is 0.172. The van der Waals surface area contributed by atoms with Crippen molar-refractivity contribution in [1.82, 2.24) is 19.9 Å². The van der Waals surface area contributed by atoms with Gasteiger partial charge in [-0.2, -0.15) is 0 Å². The fourth-order valence-corrected chi connectivity index (χ4v) is 9.78. The van der Waals surface area contributed by atoms with Crippen LogP contribution in [0.5, 0.6) is 11.5 Å². The fourth-order valence-electron chi connectivity index (χ4n) is 8.47. The first-order valence-corrected chi connectivity index (χ1v) is 21.8. The topological polar surface area (TPSA) is 156 Å². The fraction of sp³-hybridized carbons (Fsp3) is 0.455. The molecule has 4 aliphatic rings. The third kappa shape index (κ3) is 8.07. The molecule has 0 unspecified atom stereocenters. The maximum absolute atomic E-state index is 14.8. The first-order chi connectivity index (χ1) is 27.9. The lowest BCUT2D eigenvalue weighted by Gasteiger charge is -2.30. The van der Waals surface area contributed by atoms with Gasteiger partial charge in [0.2, 0.25) is 21.8 Å². The molecule has 3 aromatic carbocycles. The number of nitrogens with zero attached hydrogens (tertiary/aromatic N) is 2. The Morgan fingerprint density at radius 3 is 2.45 bits per heavy atom. The molecule has 0 spiro atoms. The minimum atomic E-state index is -3.97. The highest BCUT2D eigenvalue weighted by Gasteiger charge is 2.63. The van der Waals surface area contributed by atoms with E-state index in [0.717, 1.165) is 37.7 Å². The zero-order chi connectivity index (χ0) is 40.7. The second kappa shape index (κ2) is 15.8. The number of nitrogens with one attached hydrogen (secondary N) is 3. The number of hydrogen-bond acceptors (Lipinski definition) is 9. The third-order valence-corrected chi connectivity index (χ3v) is 14.5. The standard InChI is InChI=1S/C44H50FN5O7S/c1-43(20-21-43)58(54,55)49-42(53)44-26-29(44)14-9-4-3-5-10-17-35(46-31-16-11-15-30(45)22-31)41(52)50-27-33(24-38(50)40(51)48-44)57-39-25-36(28-12-7-6-8-13-28)47-37-23-32(56-2)18-19-34(37)39/h6-8,11-13,15-16,18-19,22-23,25,29,33,35,38,46H,3-5,9-10,14,17,20-21,24,26-27H2,1-2H3,(H,48,51)(H,49,53)/t29-,33-,35+,38+,44-/m1/s1. The second-order valence-electron chi connectivity index (χ2n) is 16.5. The van der Waals surface area contributed by atoms with Crippen molar-refractivity contribution in [3.05, 3.63) is 84.7 Å².